The highest BCUT2D eigenvalue weighted by Crippen LogP contribution is 2.13. The van der Waals surface area contributed by atoms with Gasteiger partial charge in [0.25, 0.3) is 0 Å². The molecule has 0 unspecified atom stereocenters. The predicted octanol–water partition coefficient (Wildman–Crippen LogP) is 2.06. The lowest BCUT2D eigenvalue weighted by atomic mass is 10.2. The van der Waals surface area contributed by atoms with E-state index in [2.05, 4.69) is 13.8 Å². The van der Waals surface area contributed by atoms with E-state index in [1.54, 1.807) is 7.11 Å². The second-order valence-electron chi connectivity index (χ2n) is 6.18. The summed E-state index contributed by atoms with van der Waals surface area (Å²) in [5.74, 6) is 0.835. The summed E-state index contributed by atoms with van der Waals surface area (Å²) in [5.41, 5.74) is 1.07. The van der Waals surface area contributed by atoms with Crippen LogP contribution in [-0.2, 0) is 11.3 Å². The third kappa shape index (κ3) is 8.94. The molecule has 0 saturated heterocycles. The van der Waals surface area contributed by atoms with E-state index in [1.165, 1.54) is 30.6 Å². The van der Waals surface area contributed by atoms with Gasteiger partial charge in [-0.1, -0.05) is 38.8 Å². The van der Waals surface area contributed by atoms with E-state index in [9.17, 15) is 5.11 Å². The van der Waals surface area contributed by atoms with Gasteiger partial charge in [0.1, 0.15) is 18.4 Å². The molecule has 4 heteroatoms. The van der Waals surface area contributed by atoms with Crippen molar-refractivity contribution in [1.29, 1.82) is 0 Å². The third-order valence-electron chi connectivity index (χ3n) is 4.01. The van der Waals surface area contributed by atoms with E-state index >= 15 is 0 Å². The molecule has 1 atom stereocenters. The zero-order valence-corrected chi connectivity index (χ0v) is 15.0. The fraction of sp³-hybridized carbons (Fsp3) is 0.684. The van der Waals surface area contributed by atoms with Gasteiger partial charge < -0.3 is 19.5 Å². The van der Waals surface area contributed by atoms with Crippen LogP contribution in [0, 0.1) is 0 Å². The summed E-state index contributed by atoms with van der Waals surface area (Å²) in [4.78, 5) is 1.49. The molecular formula is C19H34NO3+. The highest BCUT2D eigenvalue weighted by Gasteiger charge is 2.14. The first-order valence-corrected chi connectivity index (χ1v) is 8.91. The van der Waals surface area contributed by atoms with Crippen molar-refractivity contribution in [2.45, 2.75) is 52.2 Å². The Hall–Kier alpha value is -1.10. The summed E-state index contributed by atoms with van der Waals surface area (Å²) in [6.07, 6.45) is 4.45. The average Bonchev–Trinajstić information content (AvgIpc) is 2.57. The van der Waals surface area contributed by atoms with Crippen molar-refractivity contribution < 1.29 is 19.5 Å². The molecule has 0 aliphatic heterocycles. The zero-order chi connectivity index (χ0) is 16.9. The summed E-state index contributed by atoms with van der Waals surface area (Å²) in [5, 5.41) is 10.2. The number of hydrogen-bond acceptors (Lipinski definition) is 3. The van der Waals surface area contributed by atoms with E-state index in [0.29, 0.717) is 13.2 Å². The molecule has 0 aliphatic carbocycles. The van der Waals surface area contributed by atoms with Gasteiger partial charge in [0.05, 0.1) is 33.4 Å². The highest BCUT2D eigenvalue weighted by atomic mass is 16.5. The van der Waals surface area contributed by atoms with Crippen LogP contribution in [0.4, 0.5) is 0 Å². The van der Waals surface area contributed by atoms with Crippen LogP contribution in [0.3, 0.4) is 0 Å². The van der Waals surface area contributed by atoms with Gasteiger partial charge in [-0.2, -0.15) is 0 Å². The second kappa shape index (κ2) is 12.3. The van der Waals surface area contributed by atoms with Crippen LogP contribution in [0.5, 0.6) is 5.75 Å². The lowest BCUT2D eigenvalue weighted by Crippen LogP contribution is -3.13. The number of aliphatic hydroxyl groups excluding tert-OH is 1. The molecule has 0 radical (unpaired) electrons. The van der Waals surface area contributed by atoms with Crippen LogP contribution >= 0.6 is 0 Å². The van der Waals surface area contributed by atoms with Gasteiger partial charge in [0, 0.05) is 0 Å². The SMILES string of the molecule is CCCC[NH+](CCCC)C[C@H](O)COCc1cccc(OC)c1. The van der Waals surface area contributed by atoms with Crippen LogP contribution in [0.2, 0.25) is 0 Å². The molecule has 1 rings (SSSR count). The molecule has 0 aromatic heterocycles. The van der Waals surface area contributed by atoms with Crippen LogP contribution in [0.1, 0.15) is 45.1 Å². The number of unbranched alkanes of at least 4 members (excludes halogenated alkanes) is 2. The van der Waals surface area contributed by atoms with Crippen molar-refractivity contribution in [3.05, 3.63) is 29.8 Å². The first-order valence-electron chi connectivity index (χ1n) is 8.91. The van der Waals surface area contributed by atoms with Crippen LogP contribution in [0.15, 0.2) is 24.3 Å². The molecule has 1 aromatic carbocycles. The third-order valence-corrected chi connectivity index (χ3v) is 4.01. The summed E-state index contributed by atoms with van der Waals surface area (Å²) < 4.78 is 10.9. The fourth-order valence-electron chi connectivity index (χ4n) is 2.65. The quantitative estimate of drug-likeness (QED) is 0.584. The molecule has 132 valence electrons. The summed E-state index contributed by atoms with van der Waals surface area (Å²) in [7, 11) is 1.66. The minimum atomic E-state index is -0.399. The highest BCUT2D eigenvalue weighted by molar-refractivity contribution is 5.27. The predicted molar refractivity (Wildman–Crippen MR) is 94.0 cm³/mol. The van der Waals surface area contributed by atoms with Crippen LogP contribution in [0.25, 0.3) is 0 Å². The average molecular weight is 324 g/mol. The number of methoxy groups -OCH3 is 1. The molecule has 0 spiro atoms. The number of benzene rings is 1. The van der Waals surface area contributed by atoms with Gasteiger partial charge in [-0.15, -0.1) is 0 Å². The Morgan fingerprint density at radius 1 is 1.13 bits per heavy atom. The number of quaternary nitrogens is 1. The van der Waals surface area contributed by atoms with Crippen molar-refractivity contribution in [3.8, 4) is 5.75 Å². The molecule has 4 nitrogen and oxygen atoms in total. The lowest BCUT2D eigenvalue weighted by molar-refractivity contribution is -0.903. The maximum Gasteiger partial charge on any atom is 0.126 e. The Kier molecular flexibility index (Phi) is 10.7. The van der Waals surface area contributed by atoms with Crippen LogP contribution in [-0.4, -0.2) is 44.6 Å². The summed E-state index contributed by atoms with van der Waals surface area (Å²) >= 11 is 0. The normalized spacial score (nSPS) is 12.6. The molecule has 0 saturated carbocycles. The van der Waals surface area contributed by atoms with Crippen molar-refractivity contribution in [1.82, 2.24) is 0 Å². The molecule has 0 bridgehead atoms. The van der Waals surface area contributed by atoms with Gasteiger partial charge in [-0.05, 0) is 30.5 Å². The molecule has 2 N–H and O–H groups in total. The molecule has 0 aliphatic rings. The number of nitrogens with one attached hydrogen (secondary N) is 1. The molecular weight excluding hydrogens is 290 g/mol. The van der Waals surface area contributed by atoms with Crippen molar-refractivity contribution in [3.63, 3.8) is 0 Å². The Balaban J connectivity index is 2.31. The number of aliphatic hydroxyl groups is 1. The van der Waals surface area contributed by atoms with Crippen LogP contribution < -0.4 is 9.64 Å². The van der Waals surface area contributed by atoms with Gasteiger partial charge in [-0.25, -0.2) is 0 Å². The minimum Gasteiger partial charge on any atom is -0.497 e. The summed E-state index contributed by atoms with van der Waals surface area (Å²) in [6.45, 7) is 8.38. The van der Waals surface area contributed by atoms with Gasteiger partial charge in [0.2, 0.25) is 0 Å². The molecule has 0 heterocycles. The smallest absolute Gasteiger partial charge is 0.126 e. The lowest BCUT2D eigenvalue weighted by Gasteiger charge is -2.22. The van der Waals surface area contributed by atoms with E-state index in [4.69, 9.17) is 9.47 Å². The van der Waals surface area contributed by atoms with E-state index < -0.39 is 6.10 Å². The molecule has 23 heavy (non-hydrogen) atoms. The van der Waals surface area contributed by atoms with Crippen molar-refractivity contribution >= 4 is 0 Å². The first kappa shape index (κ1) is 19.9. The number of ether oxygens (including phenoxy) is 2. The standard InChI is InChI=1S/C19H33NO3/c1-4-6-11-20(12-7-5-2)14-18(21)16-23-15-17-9-8-10-19(13-17)22-3/h8-10,13,18,21H,4-7,11-12,14-16H2,1-3H3/p+1/t18-/m0/s1. The Labute approximate surface area is 141 Å². The Morgan fingerprint density at radius 3 is 2.43 bits per heavy atom. The van der Waals surface area contributed by atoms with Crippen molar-refractivity contribution in [2.24, 2.45) is 0 Å². The maximum absolute atomic E-state index is 10.2. The fourth-order valence-corrected chi connectivity index (χ4v) is 2.65. The minimum absolute atomic E-state index is 0.388. The van der Waals surface area contributed by atoms with Gasteiger partial charge in [-0.3, -0.25) is 0 Å². The van der Waals surface area contributed by atoms with Gasteiger partial charge in [0.15, 0.2) is 0 Å². The first-order chi connectivity index (χ1) is 11.2. The second-order valence-corrected chi connectivity index (χ2v) is 6.18. The Bertz CT molecular complexity index is 403. The largest absolute Gasteiger partial charge is 0.497 e. The maximum atomic E-state index is 10.2. The number of hydrogen-bond donors (Lipinski definition) is 2. The number of rotatable bonds is 13. The topological polar surface area (TPSA) is 43.1 Å². The molecule has 0 fully saturated rings. The molecule has 1 aromatic rings. The Morgan fingerprint density at radius 2 is 1.83 bits per heavy atom. The zero-order valence-electron chi connectivity index (χ0n) is 15.0. The van der Waals surface area contributed by atoms with E-state index in [-0.39, 0.29) is 0 Å². The summed E-state index contributed by atoms with van der Waals surface area (Å²) in [6, 6.07) is 7.85. The van der Waals surface area contributed by atoms with E-state index in [0.717, 1.165) is 30.9 Å². The van der Waals surface area contributed by atoms with E-state index in [1.807, 2.05) is 24.3 Å². The van der Waals surface area contributed by atoms with Crippen molar-refractivity contribution in [2.75, 3.05) is 33.4 Å². The molecule has 0 amide bonds. The monoisotopic (exact) mass is 324 g/mol. The van der Waals surface area contributed by atoms with Gasteiger partial charge >= 0.3 is 0 Å².